The van der Waals surface area contributed by atoms with Gasteiger partial charge < -0.3 is 4.74 Å². The largest absolute Gasteiger partial charge is 0.497 e. The van der Waals surface area contributed by atoms with E-state index in [0.29, 0.717) is 11.8 Å². The van der Waals surface area contributed by atoms with Crippen LogP contribution in [0, 0.1) is 6.92 Å². The number of hydrogen-bond donors (Lipinski definition) is 0. The summed E-state index contributed by atoms with van der Waals surface area (Å²) in [5.41, 5.74) is 6.63. The molecule has 2 nitrogen and oxygen atoms in total. The van der Waals surface area contributed by atoms with Crippen LogP contribution in [-0.2, 0) is 0 Å². The number of aromatic nitrogens is 1. The van der Waals surface area contributed by atoms with E-state index in [0.717, 1.165) is 12.2 Å². The molecule has 0 saturated heterocycles. The quantitative estimate of drug-likeness (QED) is 0.602. The number of rotatable bonds is 4. The standard InChI is InChI=1S/C24H23NO/c1-17-5-7-18(8-6-17)23-14-21(20-4-3-13-25-16-20)15-24(23)19-9-11-22(26-2)12-10-19/h3-13,15-16,23-24H,14H2,1-2H3/t23-,24-/m0/s1. The van der Waals surface area contributed by atoms with E-state index >= 15 is 0 Å². The third-order valence-corrected chi connectivity index (χ3v) is 5.29. The predicted octanol–water partition coefficient (Wildman–Crippen LogP) is 5.75. The monoisotopic (exact) mass is 341 g/mol. The van der Waals surface area contributed by atoms with Crippen LogP contribution in [0.1, 0.15) is 40.5 Å². The number of benzene rings is 2. The summed E-state index contributed by atoms with van der Waals surface area (Å²) < 4.78 is 5.32. The van der Waals surface area contributed by atoms with Gasteiger partial charge in [-0.3, -0.25) is 4.98 Å². The topological polar surface area (TPSA) is 22.1 Å². The number of allylic oxidation sites excluding steroid dienone is 2. The summed E-state index contributed by atoms with van der Waals surface area (Å²) in [5.74, 6) is 1.70. The number of aryl methyl sites for hydroxylation is 1. The third-order valence-electron chi connectivity index (χ3n) is 5.29. The van der Waals surface area contributed by atoms with E-state index in [4.69, 9.17) is 4.74 Å². The Morgan fingerprint density at radius 3 is 2.31 bits per heavy atom. The van der Waals surface area contributed by atoms with Gasteiger partial charge in [-0.1, -0.05) is 54.1 Å². The Morgan fingerprint density at radius 1 is 0.923 bits per heavy atom. The van der Waals surface area contributed by atoms with Crippen molar-refractivity contribution in [2.45, 2.75) is 25.2 Å². The molecule has 2 heteroatoms. The van der Waals surface area contributed by atoms with Crippen molar-refractivity contribution in [2.75, 3.05) is 7.11 Å². The lowest BCUT2D eigenvalue weighted by molar-refractivity contribution is 0.414. The summed E-state index contributed by atoms with van der Waals surface area (Å²) in [4.78, 5) is 4.30. The highest BCUT2D eigenvalue weighted by Gasteiger charge is 2.30. The van der Waals surface area contributed by atoms with Crippen molar-refractivity contribution in [1.82, 2.24) is 4.98 Å². The molecule has 26 heavy (non-hydrogen) atoms. The van der Waals surface area contributed by atoms with Crippen LogP contribution < -0.4 is 4.74 Å². The molecule has 0 aliphatic heterocycles. The molecular formula is C24H23NO. The van der Waals surface area contributed by atoms with Crippen molar-refractivity contribution in [3.05, 3.63) is 101 Å². The highest BCUT2D eigenvalue weighted by atomic mass is 16.5. The summed E-state index contributed by atoms with van der Waals surface area (Å²) >= 11 is 0. The Balaban J connectivity index is 1.73. The first-order chi connectivity index (χ1) is 12.7. The van der Waals surface area contributed by atoms with Gasteiger partial charge in [0.2, 0.25) is 0 Å². The molecule has 1 aliphatic rings. The van der Waals surface area contributed by atoms with Gasteiger partial charge >= 0.3 is 0 Å². The molecule has 0 bridgehead atoms. The fraction of sp³-hybridized carbons (Fsp3) is 0.208. The summed E-state index contributed by atoms with van der Waals surface area (Å²) in [6.45, 7) is 2.14. The maximum absolute atomic E-state index is 5.32. The average molecular weight is 341 g/mol. The molecule has 2 aromatic carbocycles. The smallest absolute Gasteiger partial charge is 0.118 e. The lowest BCUT2D eigenvalue weighted by atomic mass is 9.83. The first-order valence-electron chi connectivity index (χ1n) is 9.06. The van der Waals surface area contributed by atoms with Crippen LogP contribution in [0.5, 0.6) is 5.75 Å². The van der Waals surface area contributed by atoms with E-state index in [1.165, 1.54) is 27.8 Å². The molecule has 1 aliphatic carbocycles. The third kappa shape index (κ3) is 3.28. The van der Waals surface area contributed by atoms with Gasteiger partial charge in [-0.05, 0) is 59.7 Å². The molecule has 0 saturated carbocycles. The van der Waals surface area contributed by atoms with E-state index in [1.54, 1.807) is 7.11 Å². The second-order valence-electron chi connectivity index (χ2n) is 6.95. The number of methoxy groups -OCH3 is 1. The molecule has 130 valence electrons. The van der Waals surface area contributed by atoms with Gasteiger partial charge in [0.15, 0.2) is 0 Å². The lowest BCUT2D eigenvalue weighted by Crippen LogP contribution is -2.05. The Labute approximate surface area is 155 Å². The molecule has 1 heterocycles. The zero-order valence-corrected chi connectivity index (χ0v) is 15.2. The van der Waals surface area contributed by atoms with Gasteiger partial charge in [0, 0.05) is 18.3 Å². The van der Waals surface area contributed by atoms with E-state index in [1.807, 2.05) is 18.5 Å². The number of hydrogen-bond acceptors (Lipinski definition) is 2. The van der Waals surface area contributed by atoms with Crippen molar-refractivity contribution in [3.8, 4) is 5.75 Å². The molecule has 0 unspecified atom stereocenters. The van der Waals surface area contributed by atoms with Crippen LogP contribution in [0.4, 0.5) is 0 Å². The predicted molar refractivity (Wildman–Crippen MR) is 106 cm³/mol. The molecule has 0 N–H and O–H groups in total. The van der Waals surface area contributed by atoms with Crippen molar-refractivity contribution >= 4 is 5.57 Å². The fourth-order valence-corrected chi connectivity index (χ4v) is 3.83. The number of ether oxygens (including phenoxy) is 1. The van der Waals surface area contributed by atoms with Crippen molar-refractivity contribution < 1.29 is 4.74 Å². The minimum Gasteiger partial charge on any atom is -0.497 e. The first-order valence-corrected chi connectivity index (χ1v) is 9.06. The molecule has 0 amide bonds. The van der Waals surface area contributed by atoms with Crippen molar-refractivity contribution in [2.24, 2.45) is 0 Å². The molecule has 4 rings (SSSR count). The molecule has 0 radical (unpaired) electrons. The van der Waals surface area contributed by atoms with Gasteiger partial charge in [-0.15, -0.1) is 0 Å². The minimum absolute atomic E-state index is 0.360. The average Bonchev–Trinajstić information content (AvgIpc) is 3.15. The summed E-state index contributed by atoms with van der Waals surface area (Å²) in [7, 11) is 1.71. The van der Waals surface area contributed by atoms with Crippen LogP contribution in [0.15, 0.2) is 79.1 Å². The minimum atomic E-state index is 0.360. The van der Waals surface area contributed by atoms with Crippen LogP contribution in [0.3, 0.4) is 0 Å². The van der Waals surface area contributed by atoms with Gasteiger partial charge in [-0.2, -0.15) is 0 Å². The van der Waals surface area contributed by atoms with E-state index in [9.17, 15) is 0 Å². The molecule has 0 spiro atoms. The van der Waals surface area contributed by atoms with Crippen LogP contribution in [0.25, 0.3) is 5.57 Å². The van der Waals surface area contributed by atoms with E-state index in [2.05, 4.69) is 72.6 Å². The highest BCUT2D eigenvalue weighted by Crippen LogP contribution is 2.47. The maximum atomic E-state index is 5.32. The van der Waals surface area contributed by atoms with Gasteiger partial charge in [0.1, 0.15) is 5.75 Å². The Kier molecular flexibility index (Phi) is 4.57. The number of nitrogens with zero attached hydrogens (tertiary/aromatic N) is 1. The van der Waals surface area contributed by atoms with Gasteiger partial charge in [-0.25, -0.2) is 0 Å². The lowest BCUT2D eigenvalue weighted by Gasteiger charge is -2.21. The summed E-state index contributed by atoms with van der Waals surface area (Å²) in [6.07, 6.45) is 7.25. The van der Waals surface area contributed by atoms with Gasteiger partial charge in [0.05, 0.1) is 7.11 Å². The number of pyridine rings is 1. The van der Waals surface area contributed by atoms with Crippen LogP contribution in [0.2, 0.25) is 0 Å². The van der Waals surface area contributed by atoms with E-state index in [-0.39, 0.29) is 0 Å². The van der Waals surface area contributed by atoms with Crippen molar-refractivity contribution in [1.29, 1.82) is 0 Å². The van der Waals surface area contributed by atoms with E-state index < -0.39 is 0 Å². The Hall–Kier alpha value is -2.87. The second-order valence-corrected chi connectivity index (χ2v) is 6.95. The maximum Gasteiger partial charge on any atom is 0.118 e. The van der Waals surface area contributed by atoms with Crippen molar-refractivity contribution in [3.63, 3.8) is 0 Å². The highest BCUT2D eigenvalue weighted by molar-refractivity contribution is 5.70. The summed E-state index contributed by atoms with van der Waals surface area (Å²) in [5, 5.41) is 0. The van der Waals surface area contributed by atoms with Gasteiger partial charge in [0.25, 0.3) is 0 Å². The molecular weight excluding hydrogens is 318 g/mol. The zero-order valence-electron chi connectivity index (χ0n) is 15.2. The normalized spacial score (nSPS) is 19.2. The fourth-order valence-electron chi connectivity index (χ4n) is 3.83. The Bertz CT molecular complexity index is 895. The zero-order chi connectivity index (χ0) is 17.9. The van der Waals surface area contributed by atoms with Crippen LogP contribution in [-0.4, -0.2) is 12.1 Å². The molecule has 1 aromatic heterocycles. The first kappa shape index (κ1) is 16.6. The SMILES string of the molecule is COc1ccc([C@@H]2C=C(c3cccnc3)C[C@H]2c2ccc(C)cc2)cc1. The molecule has 0 fully saturated rings. The molecule has 2 atom stereocenters. The second kappa shape index (κ2) is 7.17. The Morgan fingerprint density at radius 2 is 1.65 bits per heavy atom. The molecule has 3 aromatic rings. The van der Waals surface area contributed by atoms with Crippen LogP contribution >= 0.6 is 0 Å². The summed E-state index contributed by atoms with van der Waals surface area (Å²) in [6, 6.07) is 21.6.